The van der Waals surface area contributed by atoms with Crippen molar-refractivity contribution in [2.75, 3.05) is 14.2 Å². The van der Waals surface area contributed by atoms with Gasteiger partial charge in [-0.15, -0.1) is 11.3 Å². The highest BCUT2D eigenvalue weighted by Gasteiger charge is 2.39. The van der Waals surface area contributed by atoms with Crippen LogP contribution in [0.25, 0.3) is 17.5 Å². The third-order valence-electron chi connectivity index (χ3n) is 6.42. The largest absolute Gasteiger partial charge is 0.497 e. The van der Waals surface area contributed by atoms with E-state index in [0.29, 0.717) is 21.6 Å². The summed E-state index contributed by atoms with van der Waals surface area (Å²) in [5.74, 6) is -0.0242. The van der Waals surface area contributed by atoms with Crippen LogP contribution in [0.1, 0.15) is 17.0 Å². The molecule has 2 N–H and O–H groups in total. The first-order valence-electron chi connectivity index (χ1n) is 11.8. The van der Waals surface area contributed by atoms with E-state index in [0.717, 1.165) is 21.5 Å². The molecule has 4 aromatic rings. The van der Waals surface area contributed by atoms with E-state index in [9.17, 15) is 18.5 Å². The van der Waals surface area contributed by atoms with Crippen molar-refractivity contribution in [1.82, 2.24) is 4.57 Å². The lowest BCUT2D eigenvalue weighted by molar-refractivity contribution is 0.414. The third-order valence-corrected chi connectivity index (χ3v) is 9.45. The van der Waals surface area contributed by atoms with Crippen molar-refractivity contribution in [3.05, 3.63) is 114 Å². The molecule has 1 atom stereocenters. The second-order valence-corrected chi connectivity index (χ2v) is 11.6. The average molecular weight is 558 g/mol. The molecule has 0 aliphatic carbocycles. The molecule has 1 aliphatic heterocycles. The minimum atomic E-state index is -4.21. The van der Waals surface area contributed by atoms with Gasteiger partial charge in [-0.2, -0.15) is 5.26 Å². The molecule has 1 unspecified atom stereocenters. The summed E-state index contributed by atoms with van der Waals surface area (Å²) in [6.45, 7) is 0. The van der Waals surface area contributed by atoms with Crippen molar-refractivity contribution >= 4 is 38.6 Å². The molecule has 196 valence electrons. The Balaban J connectivity index is 1.84. The van der Waals surface area contributed by atoms with Gasteiger partial charge in [0.1, 0.15) is 26.9 Å². The number of methoxy groups -OCH3 is 2. The van der Waals surface area contributed by atoms with E-state index in [1.807, 2.05) is 0 Å². The quantitative estimate of drug-likeness (QED) is 0.387. The third kappa shape index (κ3) is 4.52. The van der Waals surface area contributed by atoms with Gasteiger partial charge >= 0.3 is 0 Å². The van der Waals surface area contributed by atoms with Crippen LogP contribution in [0.2, 0.25) is 0 Å². The van der Waals surface area contributed by atoms with Crippen LogP contribution in [-0.4, -0.2) is 27.2 Å². The molecule has 10 heteroatoms. The molecule has 0 radical (unpaired) electrons. The Morgan fingerprint density at radius 2 is 1.54 bits per heavy atom. The number of hydrogen-bond donors (Lipinski definition) is 1. The molecule has 1 aliphatic rings. The Morgan fingerprint density at radius 3 is 2.10 bits per heavy atom. The topological polar surface area (TPSA) is 124 Å². The number of nitrogens with zero attached hydrogens (tertiary/aromatic N) is 2. The normalized spacial score (nSPS) is 15.6. The second-order valence-electron chi connectivity index (χ2n) is 8.63. The van der Waals surface area contributed by atoms with E-state index in [4.69, 9.17) is 15.2 Å². The Labute approximate surface area is 228 Å². The molecular formula is C29H23N3O5S2. The van der Waals surface area contributed by atoms with Gasteiger partial charge in [0.25, 0.3) is 5.56 Å². The molecule has 0 saturated heterocycles. The van der Waals surface area contributed by atoms with Gasteiger partial charge in [-0.3, -0.25) is 9.36 Å². The Hall–Kier alpha value is -4.59. The maximum absolute atomic E-state index is 14.0. The first-order chi connectivity index (χ1) is 18.8. The van der Waals surface area contributed by atoms with Crippen molar-refractivity contribution in [3.8, 4) is 17.6 Å². The Kier molecular flexibility index (Phi) is 6.87. The summed E-state index contributed by atoms with van der Waals surface area (Å²) < 4.78 is 40.2. The predicted molar refractivity (Wildman–Crippen MR) is 150 cm³/mol. The highest BCUT2D eigenvalue weighted by atomic mass is 32.2. The van der Waals surface area contributed by atoms with Gasteiger partial charge in [0.05, 0.1) is 41.2 Å². The first kappa shape index (κ1) is 26.0. The van der Waals surface area contributed by atoms with Gasteiger partial charge in [-0.05, 0) is 53.6 Å². The van der Waals surface area contributed by atoms with Crippen molar-refractivity contribution < 1.29 is 17.9 Å². The summed E-state index contributed by atoms with van der Waals surface area (Å²) >= 11 is 1.09. The number of fused-ring (bicyclic) bond motifs is 1. The highest BCUT2D eigenvalue weighted by molar-refractivity contribution is 7.95. The minimum absolute atomic E-state index is 0.00972. The summed E-state index contributed by atoms with van der Waals surface area (Å²) in [7, 11) is -1.12. The molecular weight excluding hydrogens is 534 g/mol. The van der Waals surface area contributed by atoms with Crippen molar-refractivity contribution in [2.24, 2.45) is 5.73 Å². The van der Waals surface area contributed by atoms with Crippen LogP contribution in [0.5, 0.6) is 11.5 Å². The van der Waals surface area contributed by atoms with Crippen LogP contribution in [0.4, 0.5) is 0 Å². The number of thiazole rings is 1. The van der Waals surface area contributed by atoms with Crippen LogP contribution in [-0.2, 0) is 9.84 Å². The lowest BCUT2D eigenvalue weighted by Crippen LogP contribution is -2.39. The van der Waals surface area contributed by atoms with Gasteiger partial charge < -0.3 is 15.2 Å². The van der Waals surface area contributed by atoms with Gasteiger partial charge in [0.2, 0.25) is 9.84 Å². The maximum atomic E-state index is 14.0. The summed E-state index contributed by atoms with van der Waals surface area (Å²) in [6.07, 6.45) is 1.67. The van der Waals surface area contributed by atoms with Crippen LogP contribution in [0.15, 0.2) is 93.5 Å². The summed E-state index contributed by atoms with van der Waals surface area (Å²) in [4.78, 5) is 13.4. The molecule has 0 fully saturated rings. The molecule has 39 heavy (non-hydrogen) atoms. The van der Waals surface area contributed by atoms with Crippen LogP contribution >= 0.6 is 11.3 Å². The fraction of sp³-hybridized carbons (Fsp3) is 0.103. The number of nitriles is 1. The van der Waals surface area contributed by atoms with Crippen molar-refractivity contribution in [1.29, 1.82) is 5.26 Å². The molecule has 2 heterocycles. The lowest BCUT2D eigenvalue weighted by atomic mass is 9.90. The van der Waals surface area contributed by atoms with Crippen LogP contribution in [0.3, 0.4) is 0 Å². The molecule has 1 aromatic heterocycles. The zero-order valence-corrected chi connectivity index (χ0v) is 22.6. The molecule has 8 nitrogen and oxygen atoms in total. The lowest BCUT2D eigenvalue weighted by Gasteiger charge is -2.26. The van der Waals surface area contributed by atoms with Crippen LogP contribution in [0, 0.1) is 11.3 Å². The predicted octanol–water partition coefficient (Wildman–Crippen LogP) is 2.79. The number of sulfone groups is 1. The number of nitrogens with two attached hydrogens (primary N) is 1. The van der Waals surface area contributed by atoms with Gasteiger partial charge in [0.15, 0.2) is 0 Å². The number of aromatic nitrogens is 1. The molecule has 3 aromatic carbocycles. The average Bonchev–Trinajstić information content (AvgIpc) is 3.29. The zero-order chi connectivity index (χ0) is 27.7. The van der Waals surface area contributed by atoms with E-state index in [1.54, 1.807) is 79.9 Å². The second kappa shape index (κ2) is 10.3. The molecule has 0 amide bonds. The maximum Gasteiger partial charge on any atom is 0.274 e. The molecule has 0 saturated carbocycles. The smallest absolute Gasteiger partial charge is 0.274 e. The number of ether oxygens (including phenoxy) is 2. The van der Waals surface area contributed by atoms with E-state index < -0.39 is 21.3 Å². The highest BCUT2D eigenvalue weighted by Crippen LogP contribution is 2.41. The van der Waals surface area contributed by atoms with Crippen molar-refractivity contribution in [2.45, 2.75) is 10.8 Å². The van der Waals surface area contributed by atoms with Crippen LogP contribution < -0.4 is 30.0 Å². The molecule has 5 rings (SSSR count). The van der Waals surface area contributed by atoms with E-state index in [2.05, 4.69) is 6.07 Å². The van der Waals surface area contributed by atoms with E-state index >= 15 is 0 Å². The van der Waals surface area contributed by atoms with Gasteiger partial charge in [-0.25, -0.2) is 8.42 Å². The minimum Gasteiger partial charge on any atom is -0.497 e. The zero-order valence-electron chi connectivity index (χ0n) is 21.0. The Bertz CT molecular complexity index is 1920. The fourth-order valence-electron chi connectivity index (χ4n) is 4.49. The summed E-state index contributed by atoms with van der Waals surface area (Å²) in [5.41, 5.74) is 7.41. The fourth-order valence-corrected chi connectivity index (χ4v) is 7.32. The van der Waals surface area contributed by atoms with Gasteiger partial charge in [-0.1, -0.05) is 42.5 Å². The van der Waals surface area contributed by atoms with E-state index in [-0.39, 0.29) is 25.9 Å². The standard InChI is InChI=1S/C29H23N3O5S2/c1-36-20-12-8-18(9-13-20)16-24-28(33)32-27(31)26(39(34,35)22-6-4-3-5-7-22)25(23(17-30)29(32)38-24)19-10-14-21(37-2)15-11-19/h3-16,25H,31H2,1-2H3/b24-16+. The first-order valence-corrected chi connectivity index (χ1v) is 14.1. The van der Waals surface area contributed by atoms with E-state index in [1.165, 1.54) is 19.2 Å². The molecule has 0 spiro atoms. The number of hydrogen-bond acceptors (Lipinski definition) is 8. The molecule has 0 bridgehead atoms. The summed E-state index contributed by atoms with van der Waals surface area (Å²) in [6, 6.07) is 23.9. The van der Waals surface area contributed by atoms with Crippen molar-refractivity contribution in [3.63, 3.8) is 0 Å². The number of rotatable bonds is 6. The summed E-state index contributed by atoms with van der Waals surface area (Å²) in [5, 5.41) is 10.4. The number of allylic oxidation sites excluding steroid dienone is 1. The number of benzene rings is 3. The van der Waals surface area contributed by atoms with Gasteiger partial charge in [0, 0.05) is 0 Å². The Morgan fingerprint density at radius 1 is 0.949 bits per heavy atom. The SMILES string of the molecule is COc1ccc(/C=c2/sc3n(c2=O)C(N)=C(S(=O)(=O)c2ccccc2)C(c2ccc(OC)cc2)C=3C#N)cc1. The monoisotopic (exact) mass is 557 g/mol.